The fraction of sp³-hybridized carbons (Fsp3) is 0.500. The summed E-state index contributed by atoms with van der Waals surface area (Å²) < 4.78 is 0. The molecule has 0 aliphatic heterocycles. The quantitative estimate of drug-likeness (QED) is 0.846. The van der Waals surface area contributed by atoms with Crippen LogP contribution in [0.25, 0.3) is 0 Å². The van der Waals surface area contributed by atoms with Crippen LogP contribution in [0.3, 0.4) is 0 Å². The van der Waals surface area contributed by atoms with E-state index in [9.17, 15) is 9.90 Å². The molecule has 0 unspecified atom stereocenters. The number of hydrogen-bond acceptors (Lipinski definition) is 3. The molecule has 2 N–H and O–H groups in total. The van der Waals surface area contributed by atoms with E-state index in [-0.39, 0.29) is 11.9 Å². The van der Waals surface area contributed by atoms with Crippen molar-refractivity contribution in [3.05, 3.63) is 29.0 Å². The van der Waals surface area contributed by atoms with Crippen molar-refractivity contribution in [3.63, 3.8) is 0 Å². The highest BCUT2D eigenvalue weighted by molar-refractivity contribution is 6.33. The van der Waals surface area contributed by atoms with E-state index in [1.807, 2.05) is 0 Å². The Kier molecular flexibility index (Phi) is 3.97. The molecule has 0 bridgehead atoms. The summed E-state index contributed by atoms with van der Waals surface area (Å²) in [6.45, 7) is 0. The Bertz CT molecular complexity index is 411. The van der Waals surface area contributed by atoms with Gasteiger partial charge in [-0.15, -0.1) is 0 Å². The number of aliphatic hydroxyl groups is 1. The van der Waals surface area contributed by atoms with Crippen molar-refractivity contribution in [3.8, 4) is 0 Å². The number of aromatic nitrogens is 1. The third-order valence-electron chi connectivity index (χ3n) is 3.06. The zero-order valence-electron chi connectivity index (χ0n) is 9.40. The Morgan fingerprint density at radius 1 is 1.47 bits per heavy atom. The van der Waals surface area contributed by atoms with Gasteiger partial charge in [-0.1, -0.05) is 24.4 Å². The summed E-state index contributed by atoms with van der Waals surface area (Å²) in [4.78, 5) is 15.8. The largest absolute Gasteiger partial charge is 0.391 e. The molecule has 17 heavy (non-hydrogen) atoms. The summed E-state index contributed by atoms with van der Waals surface area (Å²) in [6, 6.07) is 1.40. The molecule has 0 radical (unpaired) electrons. The lowest BCUT2D eigenvalue weighted by atomic mass is 9.92. The average molecular weight is 255 g/mol. The molecule has 92 valence electrons. The third-order valence-corrected chi connectivity index (χ3v) is 3.39. The Morgan fingerprint density at radius 2 is 2.24 bits per heavy atom. The first-order chi connectivity index (χ1) is 8.18. The standard InChI is InChI=1S/C12H15ClN2O2/c13-9-5-6-14-7-8(9)12(17)15-10-3-1-2-4-11(10)16/h5-7,10-11,16H,1-4H2,(H,15,17)/t10-,11-/m0/s1. The molecule has 1 aliphatic rings. The summed E-state index contributed by atoms with van der Waals surface area (Å²) in [5, 5.41) is 13.0. The number of pyridine rings is 1. The zero-order chi connectivity index (χ0) is 12.3. The van der Waals surface area contributed by atoms with Gasteiger partial charge in [-0.2, -0.15) is 0 Å². The predicted molar refractivity (Wildman–Crippen MR) is 65.0 cm³/mol. The maximum Gasteiger partial charge on any atom is 0.254 e. The van der Waals surface area contributed by atoms with Crippen molar-refractivity contribution in [1.82, 2.24) is 10.3 Å². The van der Waals surface area contributed by atoms with Crippen LogP contribution in [0.5, 0.6) is 0 Å². The molecule has 1 amide bonds. The molecule has 1 fully saturated rings. The summed E-state index contributed by atoms with van der Waals surface area (Å²) in [6.07, 6.45) is 6.12. The van der Waals surface area contributed by atoms with E-state index in [0.29, 0.717) is 10.6 Å². The van der Waals surface area contributed by atoms with Crippen molar-refractivity contribution in [2.75, 3.05) is 0 Å². The number of amides is 1. The van der Waals surface area contributed by atoms with Gasteiger partial charge in [0.25, 0.3) is 5.91 Å². The van der Waals surface area contributed by atoms with Crippen molar-refractivity contribution >= 4 is 17.5 Å². The van der Waals surface area contributed by atoms with Crippen molar-refractivity contribution in [2.45, 2.75) is 37.8 Å². The number of aliphatic hydroxyl groups excluding tert-OH is 1. The number of carbonyl (C=O) groups excluding carboxylic acids is 1. The van der Waals surface area contributed by atoms with E-state index >= 15 is 0 Å². The van der Waals surface area contributed by atoms with Crippen molar-refractivity contribution in [2.24, 2.45) is 0 Å². The number of halogens is 1. The highest BCUT2D eigenvalue weighted by Crippen LogP contribution is 2.20. The normalized spacial score (nSPS) is 24.4. The van der Waals surface area contributed by atoms with Crippen LogP contribution in [0.4, 0.5) is 0 Å². The molecule has 1 aliphatic carbocycles. The van der Waals surface area contributed by atoms with E-state index in [0.717, 1.165) is 25.7 Å². The predicted octanol–water partition coefficient (Wildman–Crippen LogP) is 1.77. The van der Waals surface area contributed by atoms with Crippen LogP contribution in [-0.2, 0) is 0 Å². The molecular weight excluding hydrogens is 240 g/mol. The minimum atomic E-state index is -0.455. The van der Waals surface area contributed by atoms with Crippen molar-refractivity contribution in [1.29, 1.82) is 0 Å². The van der Waals surface area contributed by atoms with Gasteiger partial charge >= 0.3 is 0 Å². The van der Waals surface area contributed by atoms with E-state index < -0.39 is 6.10 Å². The Hall–Kier alpha value is -1.13. The lowest BCUT2D eigenvalue weighted by molar-refractivity contribution is 0.0717. The first kappa shape index (κ1) is 12.3. The smallest absolute Gasteiger partial charge is 0.254 e. The molecule has 1 aromatic heterocycles. The van der Waals surface area contributed by atoms with Gasteiger partial charge < -0.3 is 10.4 Å². The lowest BCUT2D eigenvalue weighted by Gasteiger charge is -2.28. The monoisotopic (exact) mass is 254 g/mol. The van der Waals surface area contributed by atoms with Gasteiger partial charge in [-0.3, -0.25) is 9.78 Å². The number of nitrogens with zero attached hydrogens (tertiary/aromatic N) is 1. The van der Waals surface area contributed by atoms with Gasteiger partial charge in [0.15, 0.2) is 0 Å². The lowest BCUT2D eigenvalue weighted by Crippen LogP contribution is -2.45. The van der Waals surface area contributed by atoms with Crippen LogP contribution in [0.2, 0.25) is 5.02 Å². The van der Waals surface area contributed by atoms with E-state index in [1.54, 1.807) is 6.07 Å². The molecule has 0 aromatic carbocycles. The highest BCUT2D eigenvalue weighted by Gasteiger charge is 2.25. The topological polar surface area (TPSA) is 62.2 Å². The first-order valence-corrected chi connectivity index (χ1v) is 6.14. The van der Waals surface area contributed by atoms with Gasteiger partial charge in [-0.25, -0.2) is 0 Å². The van der Waals surface area contributed by atoms with Crippen LogP contribution >= 0.6 is 11.6 Å². The van der Waals surface area contributed by atoms with Crippen LogP contribution in [0.15, 0.2) is 18.5 Å². The highest BCUT2D eigenvalue weighted by atomic mass is 35.5. The molecular formula is C12H15ClN2O2. The Balaban J connectivity index is 2.04. The molecule has 1 saturated carbocycles. The Morgan fingerprint density at radius 3 is 2.94 bits per heavy atom. The maximum absolute atomic E-state index is 11.9. The van der Waals surface area contributed by atoms with Crippen LogP contribution in [0, 0.1) is 0 Å². The molecule has 2 rings (SSSR count). The van der Waals surface area contributed by atoms with E-state index in [1.165, 1.54) is 12.4 Å². The molecule has 4 nitrogen and oxygen atoms in total. The van der Waals surface area contributed by atoms with Gasteiger partial charge in [0.05, 0.1) is 22.7 Å². The molecule has 5 heteroatoms. The molecule has 0 spiro atoms. The van der Waals surface area contributed by atoms with Gasteiger partial charge in [0.2, 0.25) is 0 Å². The second-order valence-electron chi connectivity index (χ2n) is 4.29. The maximum atomic E-state index is 11.9. The van der Waals surface area contributed by atoms with Gasteiger partial charge in [-0.05, 0) is 18.9 Å². The summed E-state index contributed by atoms with van der Waals surface area (Å²) >= 11 is 5.91. The summed E-state index contributed by atoms with van der Waals surface area (Å²) in [5.74, 6) is -0.269. The minimum absolute atomic E-state index is 0.174. The molecule has 1 heterocycles. The first-order valence-electron chi connectivity index (χ1n) is 5.77. The van der Waals surface area contributed by atoms with Crippen molar-refractivity contribution < 1.29 is 9.90 Å². The number of nitrogens with one attached hydrogen (secondary N) is 1. The Labute approximate surface area is 105 Å². The summed E-state index contributed by atoms with van der Waals surface area (Å²) in [5.41, 5.74) is 0.354. The van der Waals surface area contributed by atoms with Crippen LogP contribution in [-0.4, -0.2) is 28.1 Å². The fourth-order valence-corrected chi connectivity index (χ4v) is 2.26. The molecule has 0 saturated heterocycles. The fourth-order valence-electron chi connectivity index (χ4n) is 2.07. The molecule has 1 aromatic rings. The summed E-state index contributed by atoms with van der Waals surface area (Å²) in [7, 11) is 0. The second kappa shape index (κ2) is 5.47. The second-order valence-corrected chi connectivity index (χ2v) is 4.69. The van der Waals surface area contributed by atoms with E-state index in [2.05, 4.69) is 10.3 Å². The zero-order valence-corrected chi connectivity index (χ0v) is 10.2. The van der Waals surface area contributed by atoms with Crippen LogP contribution in [0.1, 0.15) is 36.0 Å². The van der Waals surface area contributed by atoms with Crippen LogP contribution < -0.4 is 5.32 Å². The van der Waals surface area contributed by atoms with Gasteiger partial charge in [0.1, 0.15) is 0 Å². The SMILES string of the molecule is O=C(N[C@H]1CCCC[C@@H]1O)c1cnccc1Cl. The minimum Gasteiger partial charge on any atom is -0.391 e. The number of hydrogen-bond donors (Lipinski definition) is 2. The number of rotatable bonds is 2. The van der Waals surface area contributed by atoms with E-state index in [4.69, 9.17) is 11.6 Å². The third kappa shape index (κ3) is 2.96. The number of carbonyl (C=O) groups is 1. The average Bonchev–Trinajstić information content (AvgIpc) is 2.32. The van der Waals surface area contributed by atoms with Gasteiger partial charge in [0, 0.05) is 12.4 Å². The molecule has 2 atom stereocenters.